The summed E-state index contributed by atoms with van der Waals surface area (Å²) in [5, 5.41) is 4.30. The lowest BCUT2D eigenvalue weighted by Crippen LogP contribution is -2.23. The molecule has 0 atom stereocenters. The third kappa shape index (κ3) is 4.15. The number of fused-ring (bicyclic) bond motifs is 1. The van der Waals surface area contributed by atoms with Crippen LogP contribution in [0.15, 0.2) is 53.8 Å². The monoisotopic (exact) mass is 370 g/mol. The van der Waals surface area contributed by atoms with Crippen LogP contribution in [0.25, 0.3) is 10.9 Å². The molecular formula is C15H13F3N4O2S. The first-order chi connectivity index (χ1) is 11.7. The molecule has 3 aromatic rings. The Balaban J connectivity index is 1.78. The maximum atomic E-state index is 12.3. The summed E-state index contributed by atoms with van der Waals surface area (Å²) < 4.78 is 64.4. The number of aromatic nitrogens is 3. The Morgan fingerprint density at radius 3 is 2.68 bits per heavy atom. The van der Waals surface area contributed by atoms with Crippen LogP contribution in [0.3, 0.4) is 0 Å². The Hall–Kier alpha value is -2.46. The van der Waals surface area contributed by atoms with E-state index >= 15 is 0 Å². The number of hydrogen-bond acceptors (Lipinski definition) is 4. The summed E-state index contributed by atoms with van der Waals surface area (Å²) in [5.74, 6) is 0. The minimum atomic E-state index is -4.48. The van der Waals surface area contributed by atoms with Gasteiger partial charge in [0.2, 0.25) is 10.0 Å². The molecule has 2 aromatic heterocycles. The van der Waals surface area contributed by atoms with Crippen molar-refractivity contribution in [3.05, 3.63) is 54.5 Å². The summed E-state index contributed by atoms with van der Waals surface area (Å²) >= 11 is 0. The van der Waals surface area contributed by atoms with Crippen LogP contribution in [0.2, 0.25) is 0 Å². The fourth-order valence-electron chi connectivity index (χ4n) is 2.32. The average molecular weight is 370 g/mol. The van der Waals surface area contributed by atoms with Crippen molar-refractivity contribution in [1.82, 2.24) is 19.5 Å². The Morgan fingerprint density at radius 2 is 1.92 bits per heavy atom. The Kier molecular flexibility index (Phi) is 4.48. The molecule has 0 aliphatic rings. The van der Waals surface area contributed by atoms with Gasteiger partial charge in [-0.3, -0.25) is 9.67 Å². The van der Waals surface area contributed by atoms with Gasteiger partial charge in [0.25, 0.3) is 0 Å². The van der Waals surface area contributed by atoms with Crippen molar-refractivity contribution in [3.8, 4) is 0 Å². The second-order valence-corrected chi connectivity index (χ2v) is 7.07. The third-order valence-electron chi connectivity index (χ3n) is 3.43. The minimum absolute atomic E-state index is 0.0405. The topological polar surface area (TPSA) is 76.9 Å². The molecule has 0 saturated carbocycles. The number of rotatable bonds is 5. The normalized spacial score (nSPS) is 12.6. The van der Waals surface area contributed by atoms with Crippen molar-refractivity contribution in [3.63, 3.8) is 0 Å². The number of para-hydroxylation sites is 1. The zero-order valence-corrected chi connectivity index (χ0v) is 13.5. The molecule has 0 radical (unpaired) electrons. The number of hydrogen-bond donors (Lipinski definition) is 1. The Morgan fingerprint density at radius 1 is 1.16 bits per heavy atom. The highest BCUT2D eigenvalue weighted by Crippen LogP contribution is 2.19. The number of sulfonamides is 1. The van der Waals surface area contributed by atoms with E-state index in [1.807, 2.05) is 12.1 Å². The molecule has 0 aliphatic carbocycles. The molecule has 0 amide bonds. The molecule has 1 N–H and O–H groups in total. The molecule has 0 fully saturated rings. The van der Waals surface area contributed by atoms with Crippen molar-refractivity contribution < 1.29 is 21.6 Å². The van der Waals surface area contributed by atoms with E-state index in [0.29, 0.717) is 15.8 Å². The summed E-state index contributed by atoms with van der Waals surface area (Å²) in [6.07, 6.45) is -1.15. The van der Waals surface area contributed by atoms with Gasteiger partial charge in [-0.2, -0.15) is 18.3 Å². The molecule has 1 aromatic carbocycles. The number of nitrogens with one attached hydrogen (secondary N) is 1. The van der Waals surface area contributed by atoms with Crippen LogP contribution in [0.4, 0.5) is 13.2 Å². The quantitative estimate of drug-likeness (QED) is 0.749. The molecule has 0 aliphatic heterocycles. The molecule has 0 bridgehead atoms. The lowest BCUT2D eigenvalue weighted by Gasteiger charge is -2.08. The van der Waals surface area contributed by atoms with Crippen LogP contribution in [0.1, 0.15) is 5.56 Å². The Bertz CT molecular complexity index is 994. The van der Waals surface area contributed by atoms with Gasteiger partial charge >= 0.3 is 6.18 Å². The van der Waals surface area contributed by atoms with Gasteiger partial charge in [0.05, 0.1) is 11.7 Å². The van der Waals surface area contributed by atoms with E-state index in [1.165, 1.54) is 0 Å². The van der Waals surface area contributed by atoms with Crippen LogP contribution in [0, 0.1) is 0 Å². The molecule has 10 heteroatoms. The van der Waals surface area contributed by atoms with Gasteiger partial charge in [-0.25, -0.2) is 13.1 Å². The molecular weight excluding hydrogens is 357 g/mol. The molecule has 0 unspecified atom stereocenters. The van der Waals surface area contributed by atoms with E-state index in [9.17, 15) is 21.6 Å². The zero-order chi connectivity index (χ0) is 18.1. The highest BCUT2D eigenvalue weighted by Gasteiger charge is 2.29. The lowest BCUT2D eigenvalue weighted by atomic mass is 10.1. The van der Waals surface area contributed by atoms with Gasteiger partial charge in [0.15, 0.2) is 0 Å². The van der Waals surface area contributed by atoms with Crippen molar-refractivity contribution in [2.45, 2.75) is 24.2 Å². The molecule has 25 heavy (non-hydrogen) atoms. The standard InChI is InChI=1S/C15H13F3N4O2S/c16-15(17,18)10-22-9-13(8-20-22)25(23,24)21-7-12-4-1-3-11-5-2-6-19-14(11)12/h1-6,8-9,21H,7,10H2. The predicted molar refractivity (Wildman–Crippen MR) is 84.1 cm³/mol. The number of pyridine rings is 1. The fraction of sp³-hybridized carbons (Fsp3) is 0.200. The number of alkyl halides is 3. The molecule has 0 saturated heterocycles. The van der Waals surface area contributed by atoms with Gasteiger partial charge in [-0.1, -0.05) is 24.3 Å². The van der Waals surface area contributed by atoms with E-state index < -0.39 is 22.7 Å². The number of benzene rings is 1. The second-order valence-electron chi connectivity index (χ2n) is 5.31. The van der Waals surface area contributed by atoms with Crippen LogP contribution in [-0.4, -0.2) is 29.4 Å². The highest BCUT2D eigenvalue weighted by atomic mass is 32.2. The van der Waals surface area contributed by atoms with Crippen LogP contribution >= 0.6 is 0 Å². The fourth-order valence-corrected chi connectivity index (χ4v) is 3.28. The van der Waals surface area contributed by atoms with E-state index in [2.05, 4.69) is 14.8 Å². The van der Waals surface area contributed by atoms with Gasteiger partial charge in [-0.05, 0) is 11.6 Å². The first-order valence-corrected chi connectivity index (χ1v) is 8.64. The van der Waals surface area contributed by atoms with Crippen LogP contribution in [-0.2, 0) is 23.1 Å². The maximum absolute atomic E-state index is 12.3. The van der Waals surface area contributed by atoms with E-state index in [-0.39, 0.29) is 11.4 Å². The van der Waals surface area contributed by atoms with Crippen molar-refractivity contribution >= 4 is 20.9 Å². The van der Waals surface area contributed by atoms with Crippen LogP contribution in [0.5, 0.6) is 0 Å². The van der Waals surface area contributed by atoms with Crippen molar-refractivity contribution in [1.29, 1.82) is 0 Å². The van der Waals surface area contributed by atoms with Gasteiger partial charge in [0, 0.05) is 24.3 Å². The zero-order valence-electron chi connectivity index (χ0n) is 12.7. The SMILES string of the molecule is O=S(=O)(NCc1cccc2cccnc12)c1cnn(CC(F)(F)F)c1. The van der Waals surface area contributed by atoms with Gasteiger partial charge in [0.1, 0.15) is 11.4 Å². The summed E-state index contributed by atoms with van der Waals surface area (Å²) in [6.45, 7) is -1.39. The summed E-state index contributed by atoms with van der Waals surface area (Å²) in [5.41, 5.74) is 1.31. The lowest BCUT2D eigenvalue weighted by molar-refractivity contribution is -0.142. The number of halogens is 3. The predicted octanol–water partition coefficient (Wildman–Crippen LogP) is 2.47. The summed E-state index contributed by atoms with van der Waals surface area (Å²) in [6, 6.07) is 8.97. The largest absolute Gasteiger partial charge is 0.408 e. The minimum Gasteiger partial charge on any atom is -0.262 e. The number of nitrogens with zero attached hydrogens (tertiary/aromatic N) is 3. The van der Waals surface area contributed by atoms with Crippen molar-refractivity contribution in [2.24, 2.45) is 0 Å². The summed E-state index contributed by atoms with van der Waals surface area (Å²) in [4.78, 5) is 3.89. The Labute approximate surface area is 141 Å². The second kappa shape index (κ2) is 6.45. The molecule has 2 heterocycles. The maximum Gasteiger partial charge on any atom is 0.408 e. The average Bonchev–Trinajstić information content (AvgIpc) is 3.00. The smallest absolute Gasteiger partial charge is 0.262 e. The molecule has 0 spiro atoms. The van der Waals surface area contributed by atoms with Gasteiger partial charge < -0.3 is 0 Å². The van der Waals surface area contributed by atoms with E-state index in [4.69, 9.17) is 0 Å². The molecule has 3 rings (SSSR count). The van der Waals surface area contributed by atoms with Crippen molar-refractivity contribution in [2.75, 3.05) is 0 Å². The first-order valence-electron chi connectivity index (χ1n) is 7.16. The molecule has 6 nitrogen and oxygen atoms in total. The van der Waals surface area contributed by atoms with Crippen LogP contribution < -0.4 is 4.72 Å². The van der Waals surface area contributed by atoms with Gasteiger partial charge in [-0.15, -0.1) is 0 Å². The molecule has 132 valence electrons. The first kappa shape index (κ1) is 17.4. The van der Waals surface area contributed by atoms with E-state index in [1.54, 1.807) is 24.4 Å². The third-order valence-corrected chi connectivity index (χ3v) is 4.79. The van der Waals surface area contributed by atoms with E-state index in [0.717, 1.165) is 17.8 Å². The highest BCUT2D eigenvalue weighted by molar-refractivity contribution is 7.89. The summed E-state index contributed by atoms with van der Waals surface area (Å²) in [7, 11) is -3.99.